The third-order valence-electron chi connectivity index (χ3n) is 5.03. The van der Waals surface area contributed by atoms with Crippen molar-refractivity contribution in [2.45, 2.75) is 70.9 Å². The molecule has 1 amide bonds. The number of amides is 1. The van der Waals surface area contributed by atoms with Crippen molar-refractivity contribution >= 4 is 5.91 Å². The molecule has 1 heterocycles. The van der Waals surface area contributed by atoms with E-state index in [9.17, 15) is 4.79 Å². The summed E-state index contributed by atoms with van der Waals surface area (Å²) in [5, 5.41) is 6.53. The van der Waals surface area contributed by atoms with Crippen molar-refractivity contribution in [3.63, 3.8) is 0 Å². The summed E-state index contributed by atoms with van der Waals surface area (Å²) in [5.74, 6) is 1.14. The van der Waals surface area contributed by atoms with Gasteiger partial charge in [-0.15, -0.1) is 0 Å². The average Bonchev–Trinajstić information content (AvgIpc) is 3.00. The molecular formula is C17H32N2O2. The lowest BCUT2D eigenvalue weighted by Crippen LogP contribution is -2.43. The van der Waals surface area contributed by atoms with Crippen LogP contribution in [0.1, 0.15) is 58.8 Å². The first kappa shape index (κ1) is 16.8. The molecule has 21 heavy (non-hydrogen) atoms. The maximum atomic E-state index is 12.2. The summed E-state index contributed by atoms with van der Waals surface area (Å²) in [6.45, 7) is 6.73. The highest BCUT2D eigenvalue weighted by Gasteiger charge is 2.27. The summed E-state index contributed by atoms with van der Waals surface area (Å²) < 4.78 is 5.91. The van der Waals surface area contributed by atoms with Gasteiger partial charge < -0.3 is 15.4 Å². The fraction of sp³-hybridized carbons (Fsp3) is 0.941. The Morgan fingerprint density at radius 3 is 2.76 bits per heavy atom. The minimum Gasteiger partial charge on any atom is -0.378 e. The normalized spacial score (nSPS) is 28.5. The van der Waals surface area contributed by atoms with Gasteiger partial charge in [0.1, 0.15) is 0 Å². The molecular weight excluding hydrogens is 264 g/mol. The van der Waals surface area contributed by atoms with E-state index in [0.717, 1.165) is 39.0 Å². The van der Waals surface area contributed by atoms with Crippen LogP contribution in [0.5, 0.6) is 0 Å². The van der Waals surface area contributed by atoms with Gasteiger partial charge in [-0.3, -0.25) is 4.79 Å². The first-order chi connectivity index (χ1) is 10.2. The fourth-order valence-electron chi connectivity index (χ4n) is 3.85. The monoisotopic (exact) mass is 296 g/mol. The molecule has 2 N–H and O–H groups in total. The molecule has 4 nitrogen and oxygen atoms in total. The van der Waals surface area contributed by atoms with Gasteiger partial charge in [-0.05, 0) is 58.4 Å². The second-order valence-electron chi connectivity index (χ2n) is 6.69. The van der Waals surface area contributed by atoms with Gasteiger partial charge in [-0.25, -0.2) is 0 Å². The van der Waals surface area contributed by atoms with Crippen molar-refractivity contribution < 1.29 is 9.53 Å². The maximum Gasteiger partial charge on any atom is 0.223 e. The zero-order valence-corrected chi connectivity index (χ0v) is 13.7. The molecule has 1 saturated heterocycles. The molecule has 1 unspecified atom stereocenters. The quantitative estimate of drug-likeness (QED) is 0.759. The van der Waals surface area contributed by atoms with Crippen molar-refractivity contribution in [1.82, 2.24) is 10.6 Å². The molecule has 1 aliphatic carbocycles. The second kappa shape index (κ2) is 8.74. The number of hydrogen-bond donors (Lipinski definition) is 2. The van der Waals surface area contributed by atoms with Crippen LogP contribution >= 0.6 is 0 Å². The second-order valence-corrected chi connectivity index (χ2v) is 6.69. The van der Waals surface area contributed by atoms with Gasteiger partial charge in [-0.2, -0.15) is 0 Å². The lowest BCUT2D eigenvalue weighted by atomic mass is 9.92. The summed E-state index contributed by atoms with van der Waals surface area (Å²) in [4.78, 5) is 12.2. The number of carbonyl (C=O) groups is 1. The van der Waals surface area contributed by atoms with Crippen LogP contribution in [-0.4, -0.2) is 37.7 Å². The predicted molar refractivity (Wildman–Crippen MR) is 85.2 cm³/mol. The number of piperidine rings is 1. The molecule has 2 aliphatic rings. The van der Waals surface area contributed by atoms with Gasteiger partial charge in [0.15, 0.2) is 0 Å². The molecule has 0 spiro atoms. The van der Waals surface area contributed by atoms with E-state index in [0.29, 0.717) is 18.1 Å². The van der Waals surface area contributed by atoms with Crippen LogP contribution in [0.15, 0.2) is 0 Å². The minimum atomic E-state index is 0.193. The molecule has 0 aromatic heterocycles. The van der Waals surface area contributed by atoms with E-state index < -0.39 is 0 Å². The van der Waals surface area contributed by atoms with Gasteiger partial charge in [0.25, 0.3) is 0 Å². The molecule has 0 aromatic rings. The molecule has 122 valence electrons. The van der Waals surface area contributed by atoms with Crippen LogP contribution < -0.4 is 10.6 Å². The summed E-state index contributed by atoms with van der Waals surface area (Å²) in [7, 11) is 0. The average molecular weight is 296 g/mol. The van der Waals surface area contributed by atoms with Crippen molar-refractivity contribution in [3.05, 3.63) is 0 Å². The van der Waals surface area contributed by atoms with Gasteiger partial charge in [0.2, 0.25) is 5.91 Å². The molecule has 4 heteroatoms. The summed E-state index contributed by atoms with van der Waals surface area (Å²) in [5.41, 5.74) is 0. The van der Waals surface area contributed by atoms with Crippen LogP contribution in [0.3, 0.4) is 0 Å². The standard InChI is InChI=1S/C17H32N2O2/c1-3-21-16(14-6-4-5-7-14)9-11-19-17(20)15-8-10-18-13(2)12-15/h13-16,18H,3-12H2,1-2H3,(H,19,20)/t13-,15-,16?/m0/s1. The highest BCUT2D eigenvalue weighted by Crippen LogP contribution is 2.30. The van der Waals surface area contributed by atoms with Gasteiger partial charge in [0, 0.05) is 25.1 Å². The van der Waals surface area contributed by atoms with E-state index in [4.69, 9.17) is 4.74 Å². The first-order valence-electron chi connectivity index (χ1n) is 8.83. The van der Waals surface area contributed by atoms with Crippen molar-refractivity contribution in [2.75, 3.05) is 19.7 Å². The SMILES string of the molecule is CCOC(CCNC(=O)[C@H]1CCN[C@@H](C)C1)C1CCCC1. The number of ether oxygens (including phenoxy) is 1. The van der Waals surface area contributed by atoms with E-state index in [2.05, 4.69) is 24.5 Å². The Kier molecular flexibility index (Phi) is 6.97. The van der Waals surface area contributed by atoms with Gasteiger partial charge in [-0.1, -0.05) is 12.8 Å². The largest absolute Gasteiger partial charge is 0.378 e. The lowest BCUT2D eigenvalue weighted by Gasteiger charge is -2.28. The number of nitrogens with one attached hydrogen (secondary N) is 2. The molecule has 1 saturated carbocycles. The Bertz CT molecular complexity index is 316. The zero-order chi connectivity index (χ0) is 15.1. The fourth-order valence-corrected chi connectivity index (χ4v) is 3.85. The Morgan fingerprint density at radius 1 is 1.33 bits per heavy atom. The topological polar surface area (TPSA) is 50.4 Å². The minimum absolute atomic E-state index is 0.193. The summed E-state index contributed by atoms with van der Waals surface area (Å²) in [6, 6.07) is 0.462. The number of rotatable bonds is 7. The molecule has 0 aromatic carbocycles. The van der Waals surface area contributed by atoms with Gasteiger partial charge in [0.05, 0.1) is 6.10 Å². The molecule has 2 rings (SSSR count). The van der Waals surface area contributed by atoms with Crippen LogP contribution in [0, 0.1) is 11.8 Å². The summed E-state index contributed by atoms with van der Waals surface area (Å²) >= 11 is 0. The van der Waals surface area contributed by atoms with Crippen LogP contribution in [0.2, 0.25) is 0 Å². The molecule has 0 bridgehead atoms. The van der Waals surface area contributed by atoms with Crippen LogP contribution in [-0.2, 0) is 9.53 Å². The van der Waals surface area contributed by atoms with Crippen LogP contribution in [0.4, 0.5) is 0 Å². The number of carbonyl (C=O) groups excluding carboxylic acids is 1. The van der Waals surface area contributed by atoms with Crippen LogP contribution in [0.25, 0.3) is 0 Å². The Balaban J connectivity index is 1.69. The van der Waals surface area contributed by atoms with E-state index in [1.54, 1.807) is 0 Å². The Labute approximate surface area is 129 Å². The van der Waals surface area contributed by atoms with E-state index in [1.165, 1.54) is 25.7 Å². The Hall–Kier alpha value is -0.610. The van der Waals surface area contributed by atoms with E-state index >= 15 is 0 Å². The highest BCUT2D eigenvalue weighted by atomic mass is 16.5. The smallest absolute Gasteiger partial charge is 0.223 e. The van der Waals surface area contributed by atoms with E-state index in [-0.39, 0.29) is 11.8 Å². The molecule has 2 fully saturated rings. The predicted octanol–water partition coefficient (Wildman–Crippen LogP) is 2.48. The molecule has 1 aliphatic heterocycles. The Morgan fingerprint density at radius 2 is 2.10 bits per heavy atom. The first-order valence-corrected chi connectivity index (χ1v) is 8.83. The van der Waals surface area contributed by atoms with Crippen molar-refractivity contribution in [3.8, 4) is 0 Å². The highest BCUT2D eigenvalue weighted by molar-refractivity contribution is 5.78. The van der Waals surface area contributed by atoms with Crippen molar-refractivity contribution in [1.29, 1.82) is 0 Å². The maximum absolute atomic E-state index is 12.2. The molecule has 3 atom stereocenters. The number of hydrogen-bond acceptors (Lipinski definition) is 3. The van der Waals surface area contributed by atoms with Gasteiger partial charge >= 0.3 is 0 Å². The molecule has 0 radical (unpaired) electrons. The third-order valence-corrected chi connectivity index (χ3v) is 5.03. The third kappa shape index (κ3) is 5.26. The zero-order valence-electron chi connectivity index (χ0n) is 13.7. The van der Waals surface area contributed by atoms with E-state index in [1.807, 2.05) is 0 Å². The lowest BCUT2D eigenvalue weighted by molar-refractivity contribution is -0.126. The van der Waals surface area contributed by atoms with Crippen molar-refractivity contribution in [2.24, 2.45) is 11.8 Å². The summed E-state index contributed by atoms with van der Waals surface area (Å²) in [6.07, 6.45) is 8.50.